The van der Waals surface area contributed by atoms with E-state index in [1.807, 2.05) is 18.2 Å². The molecule has 0 radical (unpaired) electrons. The second-order valence-electron chi connectivity index (χ2n) is 8.00. The summed E-state index contributed by atoms with van der Waals surface area (Å²) < 4.78 is 1.45. The van der Waals surface area contributed by atoms with Crippen molar-refractivity contribution in [3.63, 3.8) is 0 Å². The molecule has 5 rings (SSSR count). The van der Waals surface area contributed by atoms with Crippen molar-refractivity contribution in [2.75, 3.05) is 24.5 Å². The highest BCUT2D eigenvalue weighted by Gasteiger charge is 2.34. The standard InChI is InChI=1S/C21H25N7O/c29-21(27-12-4-7-18(27)15-16-5-2-1-3-6-16)17-10-13-26(14-11-17)20-9-8-19-22-24-25-28(19)23-20/h1-3,5-6,8-9,17-18H,4,7,10-15H2. The van der Waals surface area contributed by atoms with Crippen molar-refractivity contribution in [1.29, 1.82) is 0 Å². The number of anilines is 1. The normalized spacial score (nSPS) is 20.5. The number of hydrogen-bond donors (Lipinski definition) is 0. The number of piperidine rings is 1. The Kier molecular flexibility index (Phi) is 4.83. The van der Waals surface area contributed by atoms with E-state index >= 15 is 0 Å². The lowest BCUT2D eigenvalue weighted by Gasteiger charge is -2.35. The van der Waals surface area contributed by atoms with E-state index in [1.165, 1.54) is 10.2 Å². The predicted octanol–water partition coefficient (Wildman–Crippen LogP) is 1.97. The van der Waals surface area contributed by atoms with Crippen molar-refractivity contribution in [1.82, 2.24) is 30.2 Å². The molecule has 2 fully saturated rings. The number of nitrogens with zero attached hydrogens (tertiary/aromatic N) is 7. The molecule has 8 heteroatoms. The first-order valence-corrected chi connectivity index (χ1v) is 10.4. The van der Waals surface area contributed by atoms with Crippen LogP contribution in [0.5, 0.6) is 0 Å². The topological polar surface area (TPSA) is 79.5 Å². The Morgan fingerprint density at radius 2 is 1.83 bits per heavy atom. The molecular formula is C21H25N7O. The highest BCUT2D eigenvalue weighted by atomic mass is 16.2. The SMILES string of the molecule is O=C(C1CCN(c2ccc3nnnn3n2)CC1)N1CCCC1Cc1ccccc1. The Balaban J connectivity index is 1.21. The Morgan fingerprint density at radius 1 is 1.00 bits per heavy atom. The van der Waals surface area contributed by atoms with Crippen LogP contribution >= 0.6 is 0 Å². The molecule has 29 heavy (non-hydrogen) atoms. The van der Waals surface area contributed by atoms with Gasteiger partial charge in [-0.2, -0.15) is 0 Å². The maximum Gasteiger partial charge on any atom is 0.226 e. The van der Waals surface area contributed by atoms with E-state index < -0.39 is 0 Å². The molecule has 2 aromatic heterocycles. The molecule has 0 spiro atoms. The van der Waals surface area contributed by atoms with E-state index in [0.717, 1.165) is 57.6 Å². The van der Waals surface area contributed by atoms with Crippen LogP contribution < -0.4 is 4.90 Å². The van der Waals surface area contributed by atoms with Crippen molar-refractivity contribution in [2.24, 2.45) is 5.92 Å². The summed E-state index contributed by atoms with van der Waals surface area (Å²) >= 11 is 0. The quantitative estimate of drug-likeness (QED) is 0.677. The molecule has 2 aliphatic heterocycles. The first-order chi connectivity index (χ1) is 14.3. The van der Waals surface area contributed by atoms with Crippen LogP contribution in [0.25, 0.3) is 5.65 Å². The summed E-state index contributed by atoms with van der Waals surface area (Å²) in [4.78, 5) is 17.6. The zero-order valence-electron chi connectivity index (χ0n) is 16.4. The van der Waals surface area contributed by atoms with Crippen LogP contribution in [-0.2, 0) is 11.2 Å². The lowest BCUT2D eigenvalue weighted by atomic mass is 9.94. The average Bonchev–Trinajstić information content (AvgIpc) is 3.43. The minimum atomic E-state index is 0.111. The lowest BCUT2D eigenvalue weighted by Crippen LogP contribution is -2.45. The second-order valence-corrected chi connectivity index (χ2v) is 8.00. The molecule has 1 aromatic carbocycles. The van der Waals surface area contributed by atoms with Crippen LogP contribution in [0, 0.1) is 5.92 Å². The lowest BCUT2D eigenvalue weighted by molar-refractivity contribution is -0.137. The largest absolute Gasteiger partial charge is 0.355 e. The number of benzene rings is 1. The molecule has 0 bridgehead atoms. The van der Waals surface area contributed by atoms with Crippen LogP contribution in [0.1, 0.15) is 31.2 Å². The zero-order valence-corrected chi connectivity index (χ0v) is 16.4. The number of rotatable bonds is 4. The fourth-order valence-electron chi connectivity index (χ4n) is 4.62. The number of aromatic nitrogens is 5. The summed E-state index contributed by atoms with van der Waals surface area (Å²) in [6.07, 6.45) is 4.90. The van der Waals surface area contributed by atoms with Crippen molar-refractivity contribution >= 4 is 17.4 Å². The molecule has 0 N–H and O–H groups in total. The minimum Gasteiger partial charge on any atom is -0.355 e. The zero-order chi connectivity index (χ0) is 19.6. The fourth-order valence-corrected chi connectivity index (χ4v) is 4.62. The number of likely N-dealkylation sites (tertiary alicyclic amines) is 1. The number of fused-ring (bicyclic) bond motifs is 1. The summed E-state index contributed by atoms with van der Waals surface area (Å²) in [5.74, 6) is 1.31. The van der Waals surface area contributed by atoms with Crippen LogP contribution in [0.2, 0.25) is 0 Å². The second kappa shape index (κ2) is 7.77. The number of hydrogen-bond acceptors (Lipinski definition) is 6. The molecule has 1 unspecified atom stereocenters. The van der Waals surface area contributed by atoms with Crippen molar-refractivity contribution in [3.05, 3.63) is 48.0 Å². The third kappa shape index (κ3) is 3.66. The van der Waals surface area contributed by atoms with Crippen LogP contribution in [-0.4, -0.2) is 61.7 Å². The van der Waals surface area contributed by atoms with Gasteiger partial charge < -0.3 is 9.80 Å². The van der Waals surface area contributed by atoms with E-state index in [-0.39, 0.29) is 5.92 Å². The number of tetrazole rings is 1. The van der Waals surface area contributed by atoms with E-state index in [2.05, 4.69) is 54.7 Å². The summed E-state index contributed by atoms with van der Waals surface area (Å²) in [5, 5.41) is 15.9. The Bertz CT molecular complexity index is 981. The Morgan fingerprint density at radius 3 is 2.66 bits per heavy atom. The van der Waals surface area contributed by atoms with E-state index in [9.17, 15) is 4.79 Å². The molecule has 2 aliphatic rings. The average molecular weight is 391 g/mol. The van der Waals surface area contributed by atoms with Gasteiger partial charge >= 0.3 is 0 Å². The molecule has 8 nitrogen and oxygen atoms in total. The van der Waals surface area contributed by atoms with Gasteiger partial charge in [0.15, 0.2) is 11.5 Å². The van der Waals surface area contributed by atoms with Crippen LogP contribution in [0.4, 0.5) is 5.82 Å². The third-order valence-electron chi connectivity index (χ3n) is 6.20. The van der Waals surface area contributed by atoms with E-state index in [1.54, 1.807) is 0 Å². The van der Waals surface area contributed by atoms with Gasteiger partial charge in [0.1, 0.15) is 0 Å². The van der Waals surface area contributed by atoms with Crippen molar-refractivity contribution in [3.8, 4) is 0 Å². The molecule has 1 amide bonds. The molecule has 150 valence electrons. The Labute approximate surface area is 169 Å². The highest BCUT2D eigenvalue weighted by molar-refractivity contribution is 5.80. The van der Waals surface area contributed by atoms with Gasteiger partial charge in [-0.05, 0) is 60.2 Å². The maximum atomic E-state index is 13.2. The van der Waals surface area contributed by atoms with E-state index in [4.69, 9.17) is 0 Å². The predicted molar refractivity (Wildman–Crippen MR) is 108 cm³/mol. The van der Waals surface area contributed by atoms with Crippen LogP contribution in [0.15, 0.2) is 42.5 Å². The van der Waals surface area contributed by atoms with Gasteiger partial charge in [0.05, 0.1) is 0 Å². The van der Waals surface area contributed by atoms with Gasteiger partial charge in [0.2, 0.25) is 5.91 Å². The van der Waals surface area contributed by atoms with Gasteiger partial charge in [-0.25, -0.2) is 0 Å². The first-order valence-electron chi connectivity index (χ1n) is 10.4. The van der Waals surface area contributed by atoms with Crippen LogP contribution in [0.3, 0.4) is 0 Å². The summed E-state index contributed by atoms with van der Waals surface area (Å²) in [6, 6.07) is 14.7. The van der Waals surface area contributed by atoms with Gasteiger partial charge in [-0.3, -0.25) is 4.79 Å². The summed E-state index contributed by atoms with van der Waals surface area (Å²) in [7, 11) is 0. The minimum absolute atomic E-state index is 0.111. The molecule has 4 heterocycles. The number of amides is 1. The first kappa shape index (κ1) is 18.0. The molecule has 1 atom stereocenters. The molecular weight excluding hydrogens is 366 g/mol. The van der Waals surface area contributed by atoms with Gasteiger partial charge in [0.25, 0.3) is 0 Å². The monoisotopic (exact) mass is 391 g/mol. The van der Waals surface area contributed by atoms with Gasteiger partial charge in [0, 0.05) is 31.6 Å². The third-order valence-corrected chi connectivity index (χ3v) is 6.20. The molecule has 0 saturated carbocycles. The van der Waals surface area contributed by atoms with Crippen molar-refractivity contribution < 1.29 is 4.79 Å². The summed E-state index contributed by atoms with van der Waals surface area (Å²) in [6.45, 7) is 2.55. The number of carbonyl (C=O) groups excluding carboxylic acids is 1. The van der Waals surface area contributed by atoms with Gasteiger partial charge in [-0.15, -0.1) is 14.8 Å². The smallest absolute Gasteiger partial charge is 0.226 e. The van der Waals surface area contributed by atoms with E-state index in [0.29, 0.717) is 17.6 Å². The summed E-state index contributed by atoms with van der Waals surface area (Å²) in [5.41, 5.74) is 1.95. The van der Waals surface area contributed by atoms with Gasteiger partial charge in [-0.1, -0.05) is 30.3 Å². The maximum absolute atomic E-state index is 13.2. The van der Waals surface area contributed by atoms with Crippen molar-refractivity contribution in [2.45, 2.75) is 38.1 Å². The highest BCUT2D eigenvalue weighted by Crippen LogP contribution is 2.28. The molecule has 3 aromatic rings. The molecule has 0 aliphatic carbocycles. The Hall–Kier alpha value is -3.03. The fraction of sp³-hybridized carbons (Fsp3) is 0.476. The number of carbonyl (C=O) groups is 1. The molecule has 2 saturated heterocycles.